The predicted molar refractivity (Wildman–Crippen MR) is 95.7 cm³/mol. The number of ether oxygens (including phenoxy) is 1. The van der Waals surface area contributed by atoms with Gasteiger partial charge in [0.15, 0.2) is 0 Å². The third kappa shape index (κ3) is 4.47. The molecule has 1 amide bonds. The number of hydrogen-bond donors (Lipinski definition) is 1. The van der Waals surface area contributed by atoms with Crippen LogP contribution in [-0.4, -0.2) is 12.5 Å². The topological polar surface area (TPSA) is 62.1 Å². The summed E-state index contributed by atoms with van der Waals surface area (Å²) in [6.07, 6.45) is 1.55. The van der Waals surface area contributed by atoms with Crippen LogP contribution in [0.25, 0.3) is 6.08 Å². The number of carbonyl (C=O) groups is 1. The molecule has 1 N–H and O–H groups in total. The van der Waals surface area contributed by atoms with Gasteiger partial charge in [-0.25, -0.2) is 0 Å². The first-order valence-electron chi connectivity index (χ1n) is 7.76. The molecule has 2 aromatic rings. The van der Waals surface area contributed by atoms with Crippen LogP contribution in [0.1, 0.15) is 23.6 Å². The summed E-state index contributed by atoms with van der Waals surface area (Å²) < 4.78 is 5.43. The molecule has 0 aliphatic rings. The number of aryl methyl sites for hydroxylation is 2. The summed E-state index contributed by atoms with van der Waals surface area (Å²) in [7, 11) is 0. The Morgan fingerprint density at radius 1 is 1.21 bits per heavy atom. The second-order valence-electron chi connectivity index (χ2n) is 5.43. The van der Waals surface area contributed by atoms with Crippen molar-refractivity contribution in [2.45, 2.75) is 20.8 Å². The van der Waals surface area contributed by atoms with E-state index in [9.17, 15) is 10.1 Å². The smallest absolute Gasteiger partial charge is 0.266 e. The van der Waals surface area contributed by atoms with Gasteiger partial charge in [-0.05, 0) is 67.8 Å². The highest BCUT2D eigenvalue weighted by molar-refractivity contribution is 6.09. The fourth-order valence-corrected chi connectivity index (χ4v) is 2.19. The van der Waals surface area contributed by atoms with Crippen LogP contribution in [0.3, 0.4) is 0 Å². The third-order valence-corrected chi connectivity index (χ3v) is 3.61. The lowest BCUT2D eigenvalue weighted by atomic mass is 10.1. The maximum Gasteiger partial charge on any atom is 0.266 e. The fraction of sp³-hybridized carbons (Fsp3) is 0.200. The van der Waals surface area contributed by atoms with Crippen molar-refractivity contribution in [1.82, 2.24) is 0 Å². The average molecular weight is 320 g/mol. The van der Waals surface area contributed by atoms with E-state index in [0.29, 0.717) is 18.0 Å². The summed E-state index contributed by atoms with van der Waals surface area (Å²) in [5.41, 5.74) is 3.69. The molecule has 0 unspecified atom stereocenters. The van der Waals surface area contributed by atoms with Gasteiger partial charge in [-0.2, -0.15) is 5.26 Å². The van der Waals surface area contributed by atoms with Gasteiger partial charge in [-0.1, -0.05) is 18.2 Å². The second kappa shape index (κ2) is 7.98. The normalized spacial score (nSPS) is 10.8. The molecule has 0 saturated carbocycles. The molecule has 2 aromatic carbocycles. The molecular weight excluding hydrogens is 300 g/mol. The van der Waals surface area contributed by atoms with Crippen molar-refractivity contribution < 1.29 is 9.53 Å². The van der Waals surface area contributed by atoms with E-state index in [1.807, 2.05) is 63.2 Å². The number of benzene rings is 2. The van der Waals surface area contributed by atoms with Crippen LogP contribution in [0.15, 0.2) is 48.0 Å². The van der Waals surface area contributed by atoms with Crippen molar-refractivity contribution in [3.05, 3.63) is 64.7 Å². The second-order valence-corrected chi connectivity index (χ2v) is 5.43. The molecule has 0 atom stereocenters. The maximum atomic E-state index is 12.3. The molecule has 0 aliphatic heterocycles. The minimum atomic E-state index is -0.428. The van der Waals surface area contributed by atoms with Gasteiger partial charge < -0.3 is 10.1 Å². The van der Waals surface area contributed by atoms with Gasteiger partial charge in [0.2, 0.25) is 0 Å². The molecule has 4 nitrogen and oxygen atoms in total. The molecule has 0 fully saturated rings. The van der Waals surface area contributed by atoms with E-state index in [2.05, 4.69) is 5.32 Å². The Kier molecular flexibility index (Phi) is 5.75. The SMILES string of the molecule is CCOc1cccc(/C=C(\C#N)C(=O)Nc2ccc(C)c(C)c2)c1. The fourth-order valence-electron chi connectivity index (χ4n) is 2.19. The summed E-state index contributed by atoms with van der Waals surface area (Å²) in [6.45, 7) is 6.45. The van der Waals surface area contributed by atoms with Gasteiger partial charge >= 0.3 is 0 Å². The molecule has 0 radical (unpaired) electrons. The minimum absolute atomic E-state index is 0.0434. The summed E-state index contributed by atoms with van der Waals surface area (Å²) in [6, 6.07) is 14.9. The molecule has 2 rings (SSSR count). The Hall–Kier alpha value is -3.06. The molecule has 4 heteroatoms. The van der Waals surface area contributed by atoms with Gasteiger partial charge in [-0.15, -0.1) is 0 Å². The zero-order chi connectivity index (χ0) is 17.5. The Bertz CT molecular complexity index is 817. The van der Waals surface area contributed by atoms with E-state index in [0.717, 1.165) is 16.7 Å². The van der Waals surface area contributed by atoms with Crippen LogP contribution >= 0.6 is 0 Å². The van der Waals surface area contributed by atoms with E-state index in [-0.39, 0.29) is 5.57 Å². The van der Waals surface area contributed by atoms with Gasteiger partial charge in [0.1, 0.15) is 17.4 Å². The van der Waals surface area contributed by atoms with Crippen LogP contribution < -0.4 is 10.1 Å². The highest BCUT2D eigenvalue weighted by atomic mass is 16.5. The lowest BCUT2D eigenvalue weighted by Gasteiger charge is -2.07. The number of anilines is 1. The maximum absolute atomic E-state index is 12.3. The summed E-state index contributed by atoms with van der Waals surface area (Å²) >= 11 is 0. The Morgan fingerprint density at radius 3 is 2.67 bits per heavy atom. The lowest BCUT2D eigenvalue weighted by molar-refractivity contribution is -0.112. The van der Waals surface area contributed by atoms with Gasteiger partial charge in [-0.3, -0.25) is 4.79 Å². The number of hydrogen-bond acceptors (Lipinski definition) is 3. The van der Waals surface area contributed by atoms with Crippen LogP contribution in [0.4, 0.5) is 5.69 Å². The Balaban J connectivity index is 2.20. The Labute approximate surface area is 142 Å². The first-order valence-corrected chi connectivity index (χ1v) is 7.76. The zero-order valence-corrected chi connectivity index (χ0v) is 14.1. The molecule has 0 heterocycles. The van der Waals surface area contributed by atoms with E-state index in [1.165, 1.54) is 0 Å². The molecule has 0 aromatic heterocycles. The number of carbonyl (C=O) groups excluding carboxylic acids is 1. The van der Waals surface area contributed by atoms with Crippen LogP contribution in [0.5, 0.6) is 5.75 Å². The summed E-state index contributed by atoms with van der Waals surface area (Å²) in [5, 5.41) is 12.1. The van der Waals surface area contributed by atoms with Crippen molar-refractivity contribution in [2.75, 3.05) is 11.9 Å². The standard InChI is InChI=1S/C20H20N2O2/c1-4-24-19-7-5-6-16(12-19)11-17(13-21)20(23)22-18-9-8-14(2)15(3)10-18/h5-12H,4H2,1-3H3,(H,22,23)/b17-11+. The van der Waals surface area contributed by atoms with Crippen LogP contribution in [-0.2, 0) is 4.79 Å². The highest BCUT2D eigenvalue weighted by Crippen LogP contribution is 2.18. The molecule has 0 aliphatic carbocycles. The van der Waals surface area contributed by atoms with E-state index < -0.39 is 5.91 Å². The third-order valence-electron chi connectivity index (χ3n) is 3.61. The quantitative estimate of drug-likeness (QED) is 0.662. The van der Waals surface area contributed by atoms with Gasteiger partial charge in [0, 0.05) is 5.69 Å². The predicted octanol–water partition coefficient (Wildman–Crippen LogP) is 4.25. The molecule has 24 heavy (non-hydrogen) atoms. The van der Waals surface area contributed by atoms with E-state index in [1.54, 1.807) is 12.1 Å². The highest BCUT2D eigenvalue weighted by Gasteiger charge is 2.10. The summed E-state index contributed by atoms with van der Waals surface area (Å²) in [5.74, 6) is 0.278. The molecule has 0 saturated heterocycles. The van der Waals surface area contributed by atoms with Gasteiger partial charge in [0.25, 0.3) is 5.91 Å². The van der Waals surface area contributed by atoms with Gasteiger partial charge in [0.05, 0.1) is 6.61 Å². The number of amides is 1. The largest absolute Gasteiger partial charge is 0.494 e. The van der Waals surface area contributed by atoms with Crippen molar-refractivity contribution in [2.24, 2.45) is 0 Å². The first-order chi connectivity index (χ1) is 11.5. The molecule has 122 valence electrons. The van der Waals surface area contributed by atoms with Crippen LogP contribution in [0, 0.1) is 25.2 Å². The van der Waals surface area contributed by atoms with Crippen molar-refractivity contribution in [3.63, 3.8) is 0 Å². The van der Waals surface area contributed by atoms with Crippen molar-refractivity contribution in [3.8, 4) is 11.8 Å². The zero-order valence-electron chi connectivity index (χ0n) is 14.1. The lowest BCUT2D eigenvalue weighted by Crippen LogP contribution is -2.13. The first kappa shape index (κ1) is 17.3. The molecule has 0 bridgehead atoms. The monoisotopic (exact) mass is 320 g/mol. The minimum Gasteiger partial charge on any atom is -0.494 e. The summed E-state index contributed by atoms with van der Waals surface area (Å²) in [4.78, 5) is 12.3. The van der Waals surface area contributed by atoms with E-state index in [4.69, 9.17) is 4.74 Å². The number of rotatable bonds is 5. The Morgan fingerprint density at radius 2 is 2.00 bits per heavy atom. The van der Waals surface area contributed by atoms with Crippen LogP contribution in [0.2, 0.25) is 0 Å². The average Bonchev–Trinajstić information content (AvgIpc) is 2.56. The van der Waals surface area contributed by atoms with Crippen molar-refractivity contribution >= 4 is 17.7 Å². The number of nitriles is 1. The van der Waals surface area contributed by atoms with Crippen molar-refractivity contribution in [1.29, 1.82) is 5.26 Å². The van der Waals surface area contributed by atoms with E-state index >= 15 is 0 Å². The number of nitrogens with zero attached hydrogens (tertiary/aromatic N) is 1. The molecule has 0 spiro atoms. The number of nitrogens with one attached hydrogen (secondary N) is 1. The molecular formula is C20H20N2O2.